The van der Waals surface area contributed by atoms with E-state index in [4.69, 9.17) is 0 Å². The van der Waals surface area contributed by atoms with Crippen molar-refractivity contribution in [3.63, 3.8) is 0 Å². The molecule has 0 bridgehead atoms. The van der Waals surface area contributed by atoms with E-state index in [1.807, 2.05) is 0 Å². The number of likely N-dealkylation sites (tertiary alicyclic amines) is 1. The number of benzene rings is 1. The summed E-state index contributed by atoms with van der Waals surface area (Å²) in [4.78, 5) is 2.53. The maximum absolute atomic E-state index is 2.53. The summed E-state index contributed by atoms with van der Waals surface area (Å²) in [5, 5.41) is 0. The summed E-state index contributed by atoms with van der Waals surface area (Å²) >= 11 is 0. The largest absolute Gasteiger partial charge is 0.301 e. The van der Waals surface area contributed by atoms with Crippen LogP contribution in [0.15, 0.2) is 24.3 Å². The van der Waals surface area contributed by atoms with E-state index in [-0.39, 0.29) is 55.0 Å². The third-order valence-electron chi connectivity index (χ3n) is 3.58. The maximum atomic E-state index is 2.53. The quantitative estimate of drug-likeness (QED) is 0.561. The first-order valence-electron chi connectivity index (χ1n) is 7.31. The van der Waals surface area contributed by atoms with Gasteiger partial charge in [0, 0.05) is 38.8 Å². The van der Waals surface area contributed by atoms with E-state index < -0.39 is 0 Å². The summed E-state index contributed by atoms with van der Waals surface area (Å²) in [6.07, 6.45) is 2.83. The Labute approximate surface area is 167 Å². The van der Waals surface area contributed by atoms with E-state index in [1.165, 1.54) is 37.1 Å². The molecule has 0 aliphatic carbocycles. The van der Waals surface area contributed by atoms with Gasteiger partial charge in [-0.05, 0) is 58.2 Å². The molecule has 0 N–H and O–H groups in total. The van der Waals surface area contributed by atoms with Gasteiger partial charge in [-0.1, -0.05) is 66.0 Å². The molecule has 2 heteroatoms. The summed E-state index contributed by atoms with van der Waals surface area (Å²) in [7, 11) is 0. The fraction of sp³-hybridized carbons (Fsp3) is 0.700. The van der Waals surface area contributed by atoms with Crippen molar-refractivity contribution in [1.29, 1.82) is 0 Å². The molecule has 0 spiro atoms. The van der Waals surface area contributed by atoms with Crippen LogP contribution >= 0.6 is 0 Å². The number of hydrogen-bond donors (Lipinski definition) is 0. The van der Waals surface area contributed by atoms with Gasteiger partial charge in [-0.2, -0.15) is 0 Å². The van der Waals surface area contributed by atoms with Crippen molar-refractivity contribution in [1.82, 2.24) is 4.90 Å². The van der Waals surface area contributed by atoms with Crippen LogP contribution < -0.4 is 0 Å². The normalized spacial score (nSPS) is 13.0. The molecule has 0 saturated carbocycles. The Balaban J connectivity index is -0.000000126. The molecule has 1 radical (unpaired) electrons. The summed E-state index contributed by atoms with van der Waals surface area (Å²) in [6, 6.07) is 9.44. The van der Waals surface area contributed by atoms with Crippen LogP contribution in [0.3, 0.4) is 0 Å². The van der Waals surface area contributed by atoms with Crippen LogP contribution in [-0.2, 0) is 32.7 Å². The molecule has 1 aromatic rings. The van der Waals surface area contributed by atoms with Gasteiger partial charge in [0.05, 0.1) is 0 Å². The minimum Gasteiger partial charge on any atom is -0.301 e. The summed E-state index contributed by atoms with van der Waals surface area (Å²) in [6.45, 7) is 13.8. The van der Waals surface area contributed by atoms with E-state index in [2.05, 4.69) is 63.8 Å². The molecule has 0 amide bonds. The second-order valence-corrected chi connectivity index (χ2v) is 5.91. The van der Waals surface area contributed by atoms with Crippen molar-refractivity contribution >= 4 is 0 Å². The summed E-state index contributed by atoms with van der Waals surface area (Å²) in [5.74, 6) is 0.653. The first-order valence-corrected chi connectivity index (χ1v) is 7.31. The summed E-state index contributed by atoms with van der Waals surface area (Å²) < 4.78 is 0. The molecule has 0 unspecified atom stereocenters. The van der Waals surface area contributed by atoms with E-state index in [0.717, 1.165) is 6.04 Å². The molecule has 1 saturated heterocycles. The van der Waals surface area contributed by atoms with Crippen molar-refractivity contribution < 1.29 is 32.7 Å². The number of aryl methyl sites for hydroxylation is 1. The molecular formula is C20H41NY. The van der Waals surface area contributed by atoms with E-state index in [9.17, 15) is 0 Å². The number of rotatable bonds is 2. The topological polar surface area (TPSA) is 3.24 Å². The zero-order chi connectivity index (χ0) is 13.5. The predicted molar refractivity (Wildman–Crippen MR) is 101 cm³/mol. The van der Waals surface area contributed by atoms with Crippen LogP contribution in [0, 0.1) is 6.92 Å². The van der Waals surface area contributed by atoms with Crippen LogP contribution in [0.1, 0.15) is 79.9 Å². The van der Waals surface area contributed by atoms with Gasteiger partial charge in [0.15, 0.2) is 0 Å². The molecule has 22 heavy (non-hydrogen) atoms. The molecular weight excluding hydrogens is 343 g/mol. The van der Waals surface area contributed by atoms with Gasteiger partial charge < -0.3 is 4.90 Å². The third-order valence-corrected chi connectivity index (χ3v) is 3.58. The van der Waals surface area contributed by atoms with Crippen LogP contribution in [-0.4, -0.2) is 24.0 Å². The molecule has 1 aliphatic rings. The van der Waals surface area contributed by atoms with E-state index in [1.54, 1.807) is 0 Å². The molecule has 2 rings (SSSR count). The number of nitrogens with zero attached hydrogens (tertiary/aromatic N) is 1. The summed E-state index contributed by atoms with van der Waals surface area (Å²) in [5.41, 5.74) is 2.78. The average molecular weight is 384 g/mol. The molecule has 1 heterocycles. The predicted octanol–water partition coefficient (Wildman–Crippen LogP) is 6.51. The molecule has 1 aliphatic heterocycles. The number of hydrogen-bond acceptors (Lipinski definition) is 1. The Bertz CT molecular complexity index is 341. The standard InChI is InChI=1S/C10H14.C7H15N.3CH4.Y/c1-8(2)10-6-4-5-9(3)7-10;1-7(2)8-5-3-4-6-8;;;;/h4-8H,1-3H3;7H,3-6H2,1-2H3;3*1H4;. The molecule has 0 aromatic heterocycles. The van der Waals surface area contributed by atoms with E-state index in [0.29, 0.717) is 5.92 Å². The first-order chi connectivity index (χ1) is 8.50. The van der Waals surface area contributed by atoms with Crippen LogP contribution in [0.25, 0.3) is 0 Å². The Hall–Kier alpha value is 0.284. The van der Waals surface area contributed by atoms with Crippen molar-refractivity contribution in [2.75, 3.05) is 13.1 Å². The van der Waals surface area contributed by atoms with Crippen LogP contribution in [0.5, 0.6) is 0 Å². The van der Waals surface area contributed by atoms with Crippen LogP contribution in [0.2, 0.25) is 0 Å². The zero-order valence-electron chi connectivity index (χ0n) is 13.3. The van der Waals surface area contributed by atoms with Crippen molar-refractivity contribution in [3.05, 3.63) is 35.4 Å². The third kappa shape index (κ3) is 11.8. The fourth-order valence-electron chi connectivity index (χ4n) is 2.29. The molecule has 1 nitrogen and oxygen atoms in total. The first kappa shape index (κ1) is 30.2. The van der Waals surface area contributed by atoms with Crippen molar-refractivity contribution in [2.45, 2.75) is 81.7 Å². The second kappa shape index (κ2) is 16.2. The molecule has 129 valence electrons. The minimum atomic E-state index is 0. The molecule has 0 atom stereocenters. The fourth-order valence-corrected chi connectivity index (χ4v) is 2.29. The van der Waals surface area contributed by atoms with Gasteiger partial charge >= 0.3 is 0 Å². The van der Waals surface area contributed by atoms with Crippen molar-refractivity contribution in [2.24, 2.45) is 0 Å². The molecule has 1 fully saturated rings. The van der Waals surface area contributed by atoms with Gasteiger partial charge in [-0.25, -0.2) is 0 Å². The van der Waals surface area contributed by atoms with Gasteiger partial charge in [-0.15, -0.1) is 0 Å². The Morgan fingerprint density at radius 2 is 1.41 bits per heavy atom. The van der Waals surface area contributed by atoms with Crippen molar-refractivity contribution in [3.8, 4) is 0 Å². The maximum Gasteiger partial charge on any atom is 0.00385 e. The average Bonchev–Trinajstić information content (AvgIpc) is 2.83. The monoisotopic (exact) mass is 384 g/mol. The smallest absolute Gasteiger partial charge is 0.00385 e. The van der Waals surface area contributed by atoms with Gasteiger partial charge in [0.2, 0.25) is 0 Å². The van der Waals surface area contributed by atoms with Gasteiger partial charge in [-0.3, -0.25) is 0 Å². The minimum absolute atomic E-state index is 0. The van der Waals surface area contributed by atoms with E-state index >= 15 is 0 Å². The van der Waals surface area contributed by atoms with Crippen LogP contribution in [0.4, 0.5) is 0 Å². The Kier molecular flexibility index (Phi) is 22.2. The molecule has 1 aromatic carbocycles. The SMILES string of the molecule is C.C.C.CC(C)N1CCCC1.Cc1cccc(C(C)C)c1.[Y]. The Morgan fingerprint density at radius 3 is 1.68 bits per heavy atom. The zero-order valence-corrected chi connectivity index (χ0v) is 16.2. The Morgan fingerprint density at radius 1 is 0.909 bits per heavy atom. The van der Waals surface area contributed by atoms with Gasteiger partial charge in [0.1, 0.15) is 0 Å². The van der Waals surface area contributed by atoms with Gasteiger partial charge in [0.25, 0.3) is 0 Å². The second-order valence-electron chi connectivity index (χ2n) is 5.91.